The Morgan fingerprint density at radius 2 is 1.32 bits per heavy atom. The number of nitrogens with zero attached hydrogens (tertiary/aromatic N) is 1. The molecule has 0 N–H and O–H groups in total. The molecular weight excluding hydrogens is 454 g/mol. The van der Waals surface area contributed by atoms with Gasteiger partial charge in [-0.25, -0.2) is 0 Å². The Bertz CT molecular complexity index is 2050. The Kier molecular flexibility index (Phi) is 4.35. The lowest BCUT2D eigenvalue weighted by Crippen LogP contribution is -2.17. The van der Waals surface area contributed by atoms with E-state index >= 15 is 0 Å². The summed E-state index contributed by atoms with van der Waals surface area (Å²) in [6, 6.07) is 34.0. The molecule has 0 fully saturated rings. The Morgan fingerprint density at radius 3 is 2.11 bits per heavy atom. The van der Waals surface area contributed by atoms with E-state index in [1.165, 1.54) is 21.9 Å². The van der Waals surface area contributed by atoms with Crippen molar-refractivity contribution in [3.05, 3.63) is 121 Å². The summed E-state index contributed by atoms with van der Waals surface area (Å²) >= 11 is 0. The van der Waals surface area contributed by atoms with Crippen molar-refractivity contribution in [1.29, 1.82) is 0 Å². The standard InChI is InChI=1S/C34H23NO2/c1-2-9-23(10-3-1)35(28-13-8-16-31-34(28)27-12-5-7-15-30(27)36-31)24-18-19-25-22(21-24)17-20-32-33(25)26-11-4-6-14-29(26)37-32/h1-2,4-9,11-21H,3,10H2. The Balaban J connectivity index is 1.40. The molecule has 2 aromatic heterocycles. The van der Waals surface area contributed by atoms with Gasteiger partial charge in [-0.05, 0) is 72.2 Å². The molecule has 0 radical (unpaired) electrons. The predicted molar refractivity (Wildman–Crippen MR) is 154 cm³/mol. The van der Waals surface area contributed by atoms with Crippen LogP contribution in [-0.2, 0) is 0 Å². The number of hydrogen-bond donors (Lipinski definition) is 0. The fourth-order valence-electron chi connectivity index (χ4n) is 5.86. The van der Waals surface area contributed by atoms with Crippen molar-refractivity contribution in [3.63, 3.8) is 0 Å². The summed E-state index contributed by atoms with van der Waals surface area (Å²) < 4.78 is 12.4. The van der Waals surface area contributed by atoms with Crippen LogP contribution in [0.25, 0.3) is 54.6 Å². The quantitative estimate of drug-likeness (QED) is 0.253. The fraction of sp³-hybridized carbons (Fsp3) is 0.0588. The van der Waals surface area contributed by atoms with Crippen molar-refractivity contribution in [3.8, 4) is 0 Å². The second-order valence-corrected chi connectivity index (χ2v) is 9.65. The molecule has 3 heteroatoms. The number of hydrogen-bond acceptors (Lipinski definition) is 3. The Labute approximate surface area is 213 Å². The van der Waals surface area contributed by atoms with E-state index in [9.17, 15) is 0 Å². The fourth-order valence-corrected chi connectivity index (χ4v) is 5.86. The minimum Gasteiger partial charge on any atom is -0.456 e. The lowest BCUT2D eigenvalue weighted by Gasteiger charge is -2.29. The largest absolute Gasteiger partial charge is 0.456 e. The van der Waals surface area contributed by atoms with Gasteiger partial charge in [0.15, 0.2) is 0 Å². The van der Waals surface area contributed by atoms with Crippen molar-refractivity contribution in [2.45, 2.75) is 12.8 Å². The zero-order chi connectivity index (χ0) is 24.3. The van der Waals surface area contributed by atoms with Gasteiger partial charge in [0.25, 0.3) is 0 Å². The van der Waals surface area contributed by atoms with Gasteiger partial charge in [-0.1, -0.05) is 66.7 Å². The summed E-state index contributed by atoms with van der Waals surface area (Å²) in [4.78, 5) is 2.41. The summed E-state index contributed by atoms with van der Waals surface area (Å²) in [5, 5.41) is 7.01. The molecule has 176 valence electrons. The van der Waals surface area contributed by atoms with E-state index in [2.05, 4.69) is 95.9 Å². The van der Waals surface area contributed by atoms with Crippen molar-refractivity contribution in [2.75, 3.05) is 4.90 Å². The molecule has 1 aliphatic carbocycles. The molecule has 0 saturated carbocycles. The van der Waals surface area contributed by atoms with Crippen LogP contribution in [0.3, 0.4) is 0 Å². The average molecular weight is 478 g/mol. The summed E-state index contributed by atoms with van der Waals surface area (Å²) in [7, 11) is 0. The molecule has 0 bridgehead atoms. The summed E-state index contributed by atoms with van der Waals surface area (Å²) in [5.74, 6) is 0. The highest BCUT2D eigenvalue weighted by atomic mass is 16.3. The van der Waals surface area contributed by atoms with Gasteiger partial charge < -0.3 is 13.7 Å². The summed E-state index contributed by atoms with van der Waals surface area (Å²) in [5.41, 5.74) is 7.21. The molecule has 0 aliphatic heterocycles. The van der Waals surface area contributed by atoms with Gasteiger partial charge in [-0.2, -0.15) is 0 Å². The molecule has 0 atom stereocenters. The van der Waals surface area contributed by atoms with E-state index in [0.717, 1.165) is 62.7 Å². The van der Waals surface area contributed by atoms with Gasteiger partial charge >= 0.3 is 0 Å². The minimum absolute atomic E-state index is 0.906. The number of rotatable bonds is 3. The molecule has 7 aromatic rings. The van der Waals surface area contributed by atoms with Crippen LogP contribution >= 0.6 is 0 Å². The van der Waals surface area contributed by atoms with Crippen LogP contribution < -0.4 is 4.90 Å². The topological polar surface area (TPSA) is 29.5 Å². The highest BCUT2D eigenvalue weighted by Crippen LogP contribution is 2.43. The van der Waals surface area contributed by atoms with E-state index in [1.807, 2.05) is 24.3 Å². The van der Waals surface area contributed by atoms with Crippen molar-refractivity contribution in [2.24, 2.45) is 0 Å². The SMILES string of the molecule is C1=CCCC(N(c2ccc3c(ccc4oc5ccccc5c43)c2)c2cccc3oc4ccccc4c23)=C1. The molecule has 0 saturated heterocycles. The van der Waals surface area contributed by atoms with Crippen LogP contribution in [0.4, 0.5) is 11.4 Å². The molecule has 0 unspecified atom stereocenters. The molecule has 0 spiro atoms. The van der Waals surface area contributed by atoms with Crippen molar-refractivity contribution >= 4 is 66.0 Å². The maximum Gasteiger partial charge on any atom is 0.137 e. The zero-order valence-corrected chi connectivity index (χ0v) is 20.1. The molecule has 2 heterocycles. The van der Waals surface area contributed by atoms with Gasteiger partial charge in [0.05, 0.1) is 11.1 Å². The first-order valence-corrected chi connectivity index (χ1v) is 12.8. The third kappa shape index (κ3) is 3.07. The van der Waals surface area contributed by atoms with Crippen molar-refractivity contribution < 1.29 is 8.83 Å². The lowest BCUT2D eigenvalue weighted by atomic mass is 10.0. The zero-order valence-electron chi connectivity index (χ0n) is 20.1. The number of para-hydroxylation sites is 2. The Hall–Kier alpha value is -4.76. The van der Waals surface area contributed by atoms with Crippen LogP contribution in [0.1, 0.15) is 12.8 Å². The second kappa shape index (κ2) is 7.87. The van der Waals surface area contributed by atoms with E-state index in [-0.39, 0.29) is 0 Å². The maximum absolute atomic E-state index is 6.25. The normalized spacial score (nSPS) is 13.8. The maximum atomic E-state index is 6.25. The minimum atomic E-state index is 0.906. The molecule has 8 rings (SSSR count). The number of benzene rings is 5. The number of anilines is 2. The van der Waals surface area contributed by atoms with Gasteiger partial charge in [0.1, 0.15) is 22.3 Å². The first kappa shape index (κ1) is 20.4. The average Bonchev–Trinajstić information content (AvgIpc) is 3.53. The van der Waals surface area contributed by atoms with Crippen LogP contribution in [0.15, 0.2) is 130 Å². The van der Waals surface area contributed by atoms with E-state index < -0.39 is 0 Å². The van der Waals surface area contributed by atoms with Gasteiger partial charge in [-0.3, -0.25) is 0 Å². The van der Waals surface area contributed by atoms with E-state index in [4.69, 9.17) is 8.83 Å². The number of fused-ring (bicyclic) bond motifs is 8. The number of allylic oxidation sites excluding steroid dienone is 4. The Morgan fingerprint density at radius 1 is 0.595 bits per heavy atom. The van der Waals surface area contributed by atoms with Crippen LogP contribution in [0.2, 0.25) is 0 Å². The monoisotopic (exact) mass is 477 g/mol. The molecule has 0 amide bonds. The van der Waals surface area contributed by atoms with Crippen molar-refractivity contribution in [1.82, 2.24) is 0 Å². The molecule has 1 aliphatic rings. The van der Waals surface area contributed by atoms with Crippen LogP contribution in [0.5, 0.6) is 0 Å². The second-order valence-electron chi connectivity index (χ2n) is 9.65. The number of furan rings is 2. The summed E-state index contributed by atoms with van der Waals surface area (Å²) in [6.07, 6.45) is 8.64. The third-order valence-electron chi connectivity index (χ3n) is 7.50. The third-order valence-corrected chi connectivity index (χ3v) is 7.50. The highest BCUT2D eigenvalue weighted by Gasteiger charge is 2.21. The predicted octanol–water partition coefficient (Wildman–Crippen LogP) is 10.0. The smallest absolute Gasteiger partial charge is 0.137 e. The van der Waals surface area contributed by atoms with Gasteiger partial charge in [0, 0.05) is 27.5 Å². The summed E-state index contributed by atoms with van der Waals surface area (Å²) in [6.45, 7) is 0. The van der Waals surface area contributed by atoms with Gasteiger partial charge in [-0.15, -0.1) is 0 Å². The highest BCUT2D eigenvalue weighted by molar-refractivity contribution is 6.19. The molecule has 37 heavy (non-hydrogen) atoms. The van der Waals surface area contributed by atoms with Crippen LogP contribution in [0, 0.1) is 0 Å². The van der Waals surface area contributed by atoms with E-state index in [0.29, 0.717) is 0 Å². The lowest BCUT2D eigenvalue weighted by molar-refractivity contribution is 0.668. The first-order valence-electron chi connectivity index (χ1n) is 12.8. The first-order chi connectivity index (χ1) is 18.3. The molecule has 3 nitrogen and oxygen atoms in total. The van der Waals surface area contributed by atoms with E-state index in [1.54, 1.807) is 0 Å². The molecular formula is C34H23NO2. The molecule has 5 aromatic carbocycles. The van der Waals surface area contributed by atoms with Gasteiger partial charge in [0.2, 0.25) is 0 Å². The van der Waals surface area contributed by atoms with Crippen LogP contribution in [-0.4, -0.2) is 0 Å².